The molecule has 9 rings (SSSR count). The van der Waals surface area contributed by atoms with E-state index in [-0.39, 0.29) is 20.1 Å². The number of aromatic nitrogens is 4. The van der Waals surface area contributed by atoms with Gasteiger partial charge in [0.2, 0.25) is 5.71 Å². The smallest absolute Gasteiger partial charge is 0.216 e. The Labute approximate surface area is 312 Å². The molecule has 5 aromatic carbocycles. The summed E-state index contributed by atoms with van der Waals surface area (Å²) < 4.78 is 8.55. The molecule has 0 atom stereocenters. The number of rotatable bonds is 5. The van der Waals surface area contributed by atoms with Gasteiger partial charge in [-0.2, -0.15) is 0 Å². The predicted molar refractivity (Wildman–Crippen MR) is 207 cm³/mol. The molecule has 0 unspecified atom stereocenters. The van der Waals surface area contributed by atoms with E-state index >= 15 is 0 Å². The molecule has 1 radical (unpaired) electrons. The van der Waals surface area contributed by atoms with E-state index in [0.717, 1.165) is 67.0 Å². The minimum Gasteiger partial charge on any atom is -0.486 e. The van der Waals surface area contributed by atoms with E-state index in [9.17, 15) is 0 Å². The van der Waals surface area contributed by atoms with E-state index in [4.69, 9.17) is 14.4 Å². The summed E-state index contributed by atoms with van der Waals surface area (Å²) in [5.41, 5.74) is 9.17. The maximum Gasteiger partial charge on any atom is 0.216 e. The molecule has 0 saturated carbocycles. The van der Waals surface area contributed by atoms with Gasteiger partial charge in [-0.25, -0.2) is 4.98 Å². The molecule has 0 N–H and O–H groups in total. The molecule has 0 aliphatic rings. The number of furan rings is 1. The second-order valence-electron chi connectivity index (χ2n) is 13.2. The number of hydrogen-bond donors (Lipinski definition) is 0. The van der Waals surface area contributed by atoms with Crippen molar-refractivity contribution in [2.45, 2.75) is 19.6 Å². The van der Waals surface area contributed by atoms with Gasteiger partial charge in [0.25, 0.3) is 0 Å². The van der Waals surface area contributed by atoms with E-state index in [2.05, 4.69) is 89.9 Å². The van der Waals surface area contributed by atoms with Gasteiger partial charge in [-0.3, -0.25) is 4.98 Å². The molecule has 9 aromatic rings. The molecule has 51 heavy (non-hydrogen) atoms. The monoisotopic (exact) mass is 855 g/mol. The van der Waals surface area contributed by atoms with Crippen molar-refractivity contribution in [1.82, 2.24) is 19.5 Å². The normalized spacial score (nSPS) is 11.3. The third-order valence-corrected chi connectivity index (χ3v) is 10.8. The molecule has 4 heterocycles. The summed E-state index contributed by atoms with van der Waals surface area (Å²) in [6.45, 7) is 7.00. The second-order valence-corrected chi connectivity index (χ2v) is 18.2. The first-order valence-corrected chi connectivity index (χ1v) is 20.2. The largest absolute Gasteiger partial charge is 0.486 e. The number of benzene rings is 5. The van der Waals surface area contributed by atoms with Crippen LogP contribution >= 0.6 is 0 Å². The fourth-order valence-corrected chi connectivity index (χ4v) is 7.17. The first kappa shape index (κ1) is 34.0. The van der Waals surface area contributed by atoms with Gasteiger partial charge in [-0.05, 0) is 47.3 Å². The number of hydrogen-bond acceptors (Lipinski definition) is 4. The molecule has 5 nitrogen and oxygen atoms in total. The quantitative estimate of drug-likeness (QED) is 0.128. The van der Waals surface area contributed by atoms with Crippen molar-refractivity contribution >= 4 is 46.4 Å². The predicted octanol–water partition coefficient (Wildman–Crippen LogP) is 10.5. The first-order chi connectivity index (χ1) is 24.4. The van der Waals surface area contributed by atoms with Crippen LogP contribution in [0.4, 0.5) is 0 Å². The van der Waals surface area contributed by atoms with Crippen LogP contribution < -0.4 is 5.19 Å². The van der Waals surface area contributed by atoms with Gasteiger partial charge in [0, 0.05) is 42.9 Å². The minimum atomic E-state index is -1.23. The van der Waals surface area contributed by atoms with Gasteiger partial charge in [-0.1, -0.05) is 103 Å². The Kier molecular flexibility index (Phi) is 9.61. The van der Waals surface area contributed by atoms with Crippen molar-refractivity contribution < 1.29 is 24.5 Å². The Morgan fingerprint density at radius 1 is 0.627 bits per heavy atom. The third-order valence-electron chi connectivity index (χ3n) is 8.78. The van der Waals surface area contributed by atoms with Crippen LogP contribution in [0.15, 0.2) is 156 Å². The van der Waals surface area contributed by atoms with Gasteiger partial charge in [0.15, 0.2) is 0 Å². The average Bonchev–Trinajstić information content (AvgIpc) is 3.74. The van der Waals surface area contributed by atoms with Gasteiger partial charge in [0.1, 0.15) is 0 Å². The molecule has 0 bridgehead atoms. The zero-order chi connectivity index (χ0) is 34.1. The van der Waals surface area contributed by atoms with Crippen LogP contribution in [-0.2, 0) is 20.1 Å². The van der Waals surface area contributed by atoms with Gasteiger partial charge < -0.3 is 14.0 Å². The topological polar surface area (TPSA) is 56.7 Å². The van der Waals surface area contributed by atoms with Crippen molar-refractivity contribution in [3.8, 4) is 39.6 Å². The number of fused-ring (bicyclic) bond motifs is 4. The second kappa shape index (κ2) is 14.4. The summed E-state index contributed by atoms with van der Waals surface area (Å²) in [4.78, 5) is 14.3. The number of pyridine rings is 2. The Hall–Kier alpha value is -5.46. The fraction of sp³-hybridized carbons (Fsp3) is 0.0682. The average molecular weight is 855 g/mol. The Morgan fingerprint density at radius 3 is 2.08 bits per heavy atom. The number of imidazole rings is 1. The molecule has 0 saturated heterocycles. The van der Waals surface area contributed by atoms with Crippen molar-refractivity contribution in [3.63, 3.8) is 0 Å². The van der Waals surface area contributed by atoms with Gasteiger partial charge >= 0.3 is 0 Å². The first-order valence-electron chi connectivity index (χ1n) is 16.7. The Morgan fingerprint density at radius 2 is 1.35 bits per heavy atom. The van der Waals surface area contributed by atoms with E-state index < -0.39 is 8.07 Å². The fourth-order valence-electron chi connectivity index (χ4n) is 6.14. The van der Waals surface area contributed by atoms with Crippen LogP contribution in [0.1, 0.15) is 0 Å². The Balaban J connectivity index is 0.000000202. The molecule has 0 amide bonds. The SMILES string of the molecule is C[Si](C)(C)c1ccc(-c2[c-]cccc2)nc1.[Ir].[c-]1ccc2c(oc3nc(-c4ccccc4)ccc32)c1-c1nc2ccccc2n1-c1ccccc1. The molecule has 0 aliphatic carbocycles. The molecule has 251 valence electrons. The van der Waals surface area contributed by atoms with Crippen LogP contribution in [0, 0.1) is 12.1 Å². The maximum absolute atomic E-state index is 6.39. The zero-order valence-corrected chi connectivity index (χ0v) is 31.9. The molecule has 0 aliphatic heterocycles. The van der Waals surface area contributed by atoms with E-state index in [1.807, 2.05) is 103 Å². The van der Waals surface area contributed by atoms with Crippen molar-refractivity contribution in [2.75, 3.05) is 0 Å². The van der Waals surface area contributed by atoms with Gasteiger partial charge in [0.05, 0.1) is 36.2 Å². The molecular weight excluding hydrogens is 821 g/mol. The maximum atomic E-state index is 6.39. The molecule has 0 spiro atoms. The van der Waals surface area contributed by atoms with Crippen LogP contribution in [-0.4, -0.2) is 27.6 Å². The molecule has 4 aromatic heterocycles. The molecule has 0 fully saturated rings. The minimum absolute atomic E-state index is 0. The number of para-hydroxylation sites is 3. The van der Waals surface area contributed by atoms with E-state index in [1.54, 1.807) is 0 Å². The standard InChI is InChI=1S/C30H18N3O.C14H16NSi.Ir/c1-3-10-20(11-4-1)25-19-18-23-22-14-9-15-24(28(22)34-30(23)32-25)29-31-26-16-7-8-17-27(26)33(29)21-12-5-2-6-13-21;1-16(2,3)13-9-10-14(15-11-13)12-7-5-4-6-8-12;/h1-14,16-19H;4-7,9-11H,1-3H3;/q2*-1;. The Bertz CT molecular complexity index is 2560. The third kappa shape index (κ3) is 6.84. The summed E-state index contributed by atoms with van der Waals surface area (Å²) in [5.74, 6) is 0.792. The van der Waals surface area contributed by atoms with E-state index in [0.29, 0.717) is 5.71 Å². The van der Waals surface area contributed by atoms with Crippen molar-refractivity contribution in [3.05, 3.63) is 164 Å². The summed E-state index contributed by atoms with van der Waals surface area (Å²) in [6, 6.07) is 55.5. The summed E-state index contributed by atoms with van der Waals surface area (Å²) in [7, 11) is -1.23. The summed E-state index contributed by atoms with van der Waals surface area (Å²) >= 11 is 0. The van der Waals surface area contributed by atoms with Crippen molar-refractivity contribution in [1.29, 1.82) is 0 Å². The summed E-state index contributed by atoms with van der Waals surface area (Å²) in [6.07, 6.45) is 2.02. The number of nitrogens with zero attached hydrogens (tertiary/aromatic N) is 4. The molecule has 7 heteroatoms. The zero-order valence-electron chi connectivity index (χ0n) is 28.5. The van der Waals surface area contributed by atoms with Crippen LogP contribution in [0.5, 0.6) is 0 Å². The van der Waals surface area contributed by atoms with E-state index in [1.165, 1.54) is 5.19 Å². The van der Waals surface area contributed by atoms with Crippen LogP contribution in [0.25, 0.3) is 72.7 Å². The van der Waals surface area contributed by atoms with Crippen LogP contribution in [0.3, 0.4) is 0 Å². The summed E-state index contributed by atoms with van der Waals surface area (Å²) in [5, 5.41) is 3.38. The molecular formula is C44H34IrN4OSi-2. The van der Waals surface area contributed by atoms with Gasteiger partial charge in [-0.15, -0.1) is 54.1 Å². The van der Waals surface area contributed by atoms with Crippen molar-refractivity contribution in [2.24, 2.45) is 0 Å². The van der Waals surface area contributed by atoms with Crippen LogP contribution in [0.2, 0.25) is 19.6 Å².